The van der Waals surface area contributed by atoms with Gasteiger partial charge < -0.3 is 10.3 Å². The van der Waals surface area contributed by atoms with Gasteiger partial charge in [0.05, 0.1) is 10.2 Å². The second-order valence-corrected chi connectivity index (χ2v) is 3.59. The van der Waals surface area contributed by atoms with Crippen LogP contribution in [-0.2, 0) is 0 Å². The predicted octanol–water partition coefficient (Wildman–Crippen LogP) is 2.08. The lowest BCUT2D eigenvalue weighted by Gasteiger charge is -2.06. The quantitative estimate of drug-likeness (QED) is 0.784. The van der Waals surface area contributed by atoms with Crippen LogP contribution in [0.5, 0.6) is 0 Å². The summed E-state index contributed by atoms with van der Waals surface area (Å²) in [5.74, 6) is -0.102. The second kappa shape index (κ2) is 4.28. The van der Waals surface area contributed by atoms with Gasteiger partial charge in [-0.1, -0.05) is 6.08 Å². The van der Waals surface area contributed by atoms with Crippen molar-refractivity contribution in [2.24, 2.45) is 0 Å². The topological polar surface area (TPSA) is 44.9 Å². The zero-order chi connectivity index (χ0) is 9.84. The van der Waals surface area contributed by atoms with Gasteiger partial charge in [0.1, 0.15) is 0 Å². The Morgan fingerprint density at radius 1 is 1.85 bits per heavy atom. The van der Waals surface area contributed by atoms with Gasteiger partial charge in [0.2, 0.25) is 0 Å². The zero-order valence-corrected chi connectivity index (χ0v) is 8.89. The number of rotatable bonds is 3. The van der Waals surface area contributed by atoms with E-state index >= 15 is 0 Å². The lowest BCUT2D eigenvalue weighted by Crippen LogP contribution is -2.30. The van der Waals surface area contributed by atoms with Crippen molar-refractivity contribution in [3.05, 3.63) is 35.1 Å². The molecule has 0 spiro atoms. The lowest BCUT2D eigenvalue weighted by molar-refractivity contribution is 0.0947. The summed E-state index contributed by atoms with van der Waals surface area (Å²) < 4.78 is 0.795. The van der Waals surface area contributed by atoms with Crippen molar-refractivity contribution in [3.8, 4) is 0 Å². The first-order chi connectivity index (χ1) is 6.13. The molecule has 1 aromatic heterocycles. The summed E-state index contributed by atoms with van der Waals surface area (Å²) in [4.78, 5) is 14.3. The Labute approximate surface area is 85.4 Å². The number of amides is 1. The van der Waals surface area contributed by atoms with Crippen molar-refractivity contribution >= 4 is 21.8 Å². The van der Waals surface area contributed by atoms with Crippen molar-refractivity contribution in [2.75, 3.05) is 0 Å². The molecule has 3 nitrogen and oxygen atoms in total. The summed E-state index contributed by atoms with van der Waals surface area (Å²) in [6, 6.07) is 1.71. The first-order valence-electron chi connectivity index (χ1n) is 3.91. The maximum atomic E-state index is 11.4. The summed E-state index contributed by atoms with van der Waals surface area (Å²) >= 11 is 3.23. The van der Waals surface area contributed by atoms with Gasteiger partial charge in [-0.15, -0.1) is 6.58 Å². The molecule has 1 amide bonds. The average Bonchev–Trinajstić information content (AvgIpc) is 2.51. The standard InChI is InChI=1S/C9H11BrN2O/c1-3-6(2)12-9(13)7-4-8(10)11-5-7/h3-6,11H,1H2,2H3,(H,12,13). The van der Waals surface area contributed by atoms with E-state index in [4.69, 9.17) is 0 Å². The molecule has 0 saturated carbocycles. The molecular weight excluding hydrogens is 232 g/mol. The van der Waals surface area contributed by atoms with Gasteiger partial charge in [-0.25, -0.2) is 0 Å². The third-order valence-corrected chi connectivity index (χ3v) is 2.08. The van der Waals surface area contributed by atoms with Crippen molar-refractivity contribution in [1.29, 1.82) is 0 Å². The van der Waals surface area contributed by atoms with Crippen LogP contribution in [0.4, 0.5) is 0 Å². The van der Waals surface area contributed by atoms with E-state index in [-0.39, 0.29) is 11.9 Å². The monoisotopic (exact) mass is 242 g/mol. The molecule has 0 aliphatic rings. The Bertz CT molecular complexity index is 319. The molecule has 2 N–H and O–H groups in total. The second-order valence-electron chi connectivity index (χ2n) is 2.73. The number of nitrogens with one attached hydrogen (secondary N) is 2. The first-order valence-corrected chi connectivity index (χ1v) is 4.70. The number of aromatic amines is 1. The van der Waals surface area contributed by atoms with Crippen LogP contribution in [0, 0.1) is 0 Å². The molecular formula is C9H11BrN2O. The van der Waals surface area contributed by atoms with Crippen molar-refractivity contribution in [3.63, 3.8) is 0 Å². The molecule has 1 atom stereocenters. The molecule has 1 unspecified atom stereocenters. The van der Waals surface area contributed by atoms with Gasteiger partial charge in [-0.2, -0.15) is 0 Å². The summed E-state index contributed by atoms with van der Waals surface area (Å²) in [7, 11) is 0. The summed E-state index contributed by atoms with van der Waals surface area (Å²) in [5, 5.41) is 2.76. The van der Waals surface area contributed by atoms with Crippen LogP contribution in [0.2, 0.25) is 0 Å². The smallest absolute Gasteiger partial charge is 0.253 e. The highest BCUT2D eigenvalue weighted by Crippen LogP contribution is 2.09. The molecule has 13 heavy (non-hydrogen) atoms. The molecule has 0 aliphatic heterocycles. The Balaban J connectivity index is 2.63. The molecule has 0 aromatic carbocycles. The van der Waals surface area contributed by atoms with Crippen LogP contribution in [0.25, 0.3) is 0 Å². The van der Waals surface area contributed by atoms with Gasteiger partial charge in [-0.05, 0) is 28.9 Å². The van der Waals surface area contributed by atoms with Gasteiger partial charge in [0, 0.05) is 12.2 Å². The van der Waals surface area contributed by atoms with E-state index in [1.807, 2.05) is 6.92 Å². The number of H-pyrrole nitrogens is 1. The fourth-order valence-corrected chi connectivity index (χ4v) is 1.21. The molecule has 4 heteroatoms. The van der Waals surface area contributed by atoms with Crippen LogP contribution in [-0.4, -0.2) is 16.9 Å². The molecule has 1 rings (SSSR count). The molecule has 0 saturated heterocycles. The largest absolute Gasteiger partial charge is 0.355 e. The minimum Gasteiger partial charge on any atom is -0.355 e. The maximum Gasteiger partial charge on any atom is 0.253 e. The van der Waals surface area contributed by atoms with Crippen LogP contribution >= 0.6 is 15.9 Å². The molecule has 0 fully saturated rings. The Hall–Kier alpha value is -1.03. The Morgan fingerprint density at radius 2 is 2.54 bits per heavy atom. The molecule has 1 aromatic rings. The van der Waals surface area contributed by atoms with Crippen LogP contribution in [0.1, 0.15) is 17.3 Å². The van der Waals surface area contributed by atoms with E-state index in [2.05, 4.69) is 32.8 Å². The van der Waals surface area contributed by atoms with E-state index < -0.39 is 0 Å². The number of hydrogen-bond acceptors (Lipinski definition) is 1. The maximum absolute atomic E-state index is 11.4. The summed E-state index contributed by atoms with van der Waals surface area (Å²) in [5.41, 5.74) is 0.612. The third kappa shape index (κ3) is 2.73. The van der Waals surface area contributed by atoms with E-state index in [1.54, 1.807) is 18.3 Å². The van der Waals surface area contributed by atoms with Crippen molar-refractivity contribution in [1.82, 2.24) is 10.3 Å². The number of hydrogen-bond donors (Lipinski definition) is 2. The molecule has 1 heterocycles. The van der Waals surface area contributed by atoms with Crippen LogP contribution in [0.3, 0.4) is 0 Å². The molecule has 0 aliphatic carbocycles. The minimum absolute atomic E-state index is 0.0128. The third-order valence-electron chi connectivity index (χ3n) is 1.62. The fourth-order valence-electron chi connectivity index (χ4n) is 0.847. The zero-order valence-electron chi connectivity index (χ0n) is 7.30. The number of halogens is 1. The molecule has 0 bridgehead atoms. The van der Waals surface area contributed by atoms with E-state index in [0.717, 1.165) is 4.60 Å². The normalized spacial score (nSPS) is 12.2. The van der Waals surface area contributed by atoms with Crippen LogP contribution in [0.15, 0.2) is 29.5 Å². The van der Waals surface area contributed by atoms with Gasteiger partial charge in [0.15, 0.2) is 0 Å². The summed E-state index contributed by atoms with van der Waals surface area (Å²) in [6.07, 6.45) is 3.33. The highest BCUT2D eigenvalue weighted by Gasteiger charge is 2.08. The highest BCUT2D eigenvalue weighted by atomic mass is 79.9. The van der Waals surface area contributed by atoms with Gasteiger partial charge in [-0.3, -0.25) is 4.79 Å². The highest BCUT2D eigenvalue weighted by molar-refractivity contribution is 9.10. The summed E-state index contributed by atoms with van der Waals surface area (Å²) in [6.45, 7) is 5.45. The number of carbonyl (C=O) groups is 1. The Kier molecular flexibility index (Phi) is 3.31. The minimum atomic E-state index is -0.102. The van der Waals surface area contributed by atoms with E-state index in [1.165, 1.54) is 0 Å². The number of carbonyl (C=O) groups excluding carboxylic acids is 1. The van der Waals surface area contributed by atoms with E-state index in [0.29, 0.717) is 5.56 Å². The van der Waals surface area contributed by atoms with E-state index in [9.17, 15) is 4.79 Å². The predicted molar refractivity (Wildman–Crippen MR) is 55.6 cm³/mol. The number of aromatic nitrogens is 1. The Morgan fingerprint density at radius 3 is 3.00 bits per heavy atom. The van der Waals surface area contributed by atoms with Crippen molar-refractivity contribution < 1.29 is 4.79 Å². The fraction of sp³-hybridized carbons (Fsp3) is 0.222. The lowest BCUT2D eigenvalue weighted by atomic mass is 10.3. The van der Waals surface area contributed by atoms with Crippen LogP contribution < -0.4 is 5.32 Å². The van der Waals surface area contributed by atoms with Gasteiger partial charge in [0.25, 0.3) is 5.91 Å². The van der Waals surface area contributed by atoms with Crippen molar-refractivity contribution in [2.45, 2.75) is 13.0 Å². The SMILES string of the molecule is C=CC(C)NC(=O)c1c[nH]c(Br)c1. The molecule has 0 radical (unpaired) electrons. The average molecular weight is 243 g/mol. The first kappa shape index (κ1) is 10.1. The van der Waals surface area contributed by atoms with Gasteiger partial charge >= 0.3 is 0 Å². The molecule has 70 valence electrons.